The summed E-state index contributed by atoms with van der Waals surface area (Å²) in [6, 6.07) is 17.7. The quantitative estimate of drug-likeness (QED) is 0.235. The van der Waals surface area contributed by atoms with Gasteiger partial charge in [-0.3, -0.25) is 9.88 Å². The molecular formula is C31H35N5O2. The second-order valence-electron chi connectivity index (χ2n) is 10.4. The fraction of sp³-hybridized carbons (Fsp3) is 0.387. The number of ether oxygens (including phenoxy) is 1. The third kappa shape index (κ3) is 6.39. The van der Waals surface area contributed by atoms with Crippen LogP contribution in [0.15, 0.2) is 65.3 Å². The van der Waals surface area contributed by atoms with Crippen molar-refractivity contribution in [2.75, 3.05) is 27.2 Å². The van der Waals surface area contributed by atoms with E-state index in [1.54, 1.807) is 12.1 Å². The van der Waals surface area contributed by atoms with Gasteiger partial charge in [-0.05, 0) is 94.7 Å². The molecule has 7 nitrogen and oxygen atoms in total. The predicted octanol–water partition coefficient (Wildman–Crippen LogP) is 6.26. The Morgan fingerprint density at radius 2 is 1.89 bits per heavy atom. The summed E-state index contributed by atoms with van der Waals surface area (Å²) in [5.74, 6) is 1.46. The molecule has 1 aliphatic heterocycles. The van der Waals surface area contributed by atoms with Gasteiger partial charge in [-0.1, -0.05) is 29.4 Å². The third-order valence-electron chi connectivity index (χ3n) is 7.36. The normalized spacial score (nSPS) is 14.7. The largest absolute Gasteiger partial charge is 0.489 e. The molecule has 0 unspecified atom stereocenters. The van der Waals surface area contributed by atoms with E-state index in [1.807, 2.05) is 24.4 Å². The average molecular weight is 510 g/mol. The minimum Gasteiger partial charge on any atom is -0.489 e. The topological polar surface area (TPSA) is 59.0 Å². The predicted molar refractivity (Wildman–Crippen MR) is 149 cm³/mol. The Labute approximate surface area is 224 Å². The lowest BCUT2D eigenvalue weighted by Gasteiger charge is -2.31. The Kier molecular flexibility index (Phi) is 8.32. The van der Waals surface area contributed by atoms with Crippen molar-refractivity contribution in [3.63, 3.8) is 0 Å². The van der Waals surface area contributed by atoms with Crippen LogP contribution in [0.4, 0.5) is 5.69 Å². The van der Waals surface area contributed by atoms with Crippen molar-refractivity contribution in [2.24, 2.45) is 5.92 Å². The van der Waals surface area contributed by atoms with E-state index in [2.05, 4.69) is 63.1 Å². The minimum absolute atomic E-state index is 0.434. The molecule has 0 saturated carbocycles. The summed E-state index contributed by atoms with van der Waals surface area (Å²) in [5, 5.41) is 5.63. The van der Waals surface area contributed by atoms with Crippen LogP contribution in [0, 0.1) is 12.5 Å². The number of hydrogen-bond donors (Lipinski definition) is 0. The van der Waals surface area contributed by atoms with Crippen LogP contribution in [0.1, 0.15) is 41.8 Å². The molecule has 0 amide bonds. The molecule has 1 fully saturated rings. The standard InChI is InChI=1S/C31H35N5O2/c1-32-25-9-11-27(12-10-25)37-22-24-8-13-28-30(34-38-31(28)29(24)21-35(2)3)14-7-23-15-18-36(19-16-23)20-26-6-4-5-17-33-26/h4-6,8-13,17,23H,7,14-16,18-22H2,2-3H3. The number of pyridine rings is 1. The van der Waals surface area contributed by atoms with Crippen molar-refractivity contribution in [3.8, 4) is 5.75 Å². The van der Waals surface area contributed by atoms with Crippen LogP contribution in [-0.4, -0.2) is 47.1 Å². The van der Waals surface area contributed by atoms with Crippen molar-refractivity contribution in [2.45, 2.75) is 45.4 Å². The highest BCUT2D eigenvalue weighted by Crippen LogP contribution is 2.30. The van der Waals surface area contributed by atoms with Crippen LogP contribution in [0.3, 0.4) is 0 Å². The van der Waals surface area contributed by atoms with E-state index in [4.69, 9.17) is 15.8 Å². The van der Waals surface area contributed by atoms with Gasteiger partial charge in [0.05, 0.1) is 18.0 Å². The molecule has 1 aliphatic rings. The summed E-state index contributed by atoms with van der Waals surface area (Å²) < 4.78 is 12.0. The number of aryl methyl sites for hydroxylation is 1. The molecule has 2 aromatic carbocycles. The third-order valence-corrected chi connectivity index (χ3v) is 7.36. The lowest BCUT2D eigenvalue weighted by Crippen LogP contribution is -2.33. The van der Waals surface area contributed by atoms with Gasteiger partial charge < -0.3 is 14.2 Å². The summed E-state index contributed by atoms with van der Waals surface area (Å²) in [4.78, 5) is 12.6. The van der Waals surface area contributed by atoms with Gasteiger partial charge in [0, 0.05) is 30.2 Å². The maximum Gasteiger partial charge on any atom is 0.187 e. The lowest BCUT2D eigenvalue weighted by atomic mass is 9.91. The molecule has 0 radical (unpaired) electrons. The monoisotopic (exact) mass is 509 g/mol. The molecule has 7 heteroatoms. The number of hydrogen-bond acceptors (Lipinski definition) is 6. The highest BCUT2D eigenvalue weighted by molar-refractivity contribution is 5.83. The number of likely N-dealkylation sites (tertiary alicyclic amines) is 1. The van der Waals surface area contributed by atoms with Crippen molar-refractivity contribution in [1.29, 1.82) is 0 Å². The summed E-state index contributed by atoms with van der Waals surface area (Å²) >= 11 is 0. The molecule has 38 heavy (non-hydrogen) atoms. The maximum atomic E-state index is 7.12. The van der Waals surface area contributed by atoms with E-state index in [-0.39, 0.29) is 0 Å². The number of aromatic nitrogens is 2. The van der Waals surface area contributed by atoms with E-state index in [0.717, 1.165) is 78.3 Å². The molecule has 0 N–H and O–H groups in total. The molecule has 196 valence electrons. The summed E-state index contributed by atoms with van der Waals surface area (Å²) in [5.41, 5.74) is 5.88. The molecule has 0 atom stereocenters. The smallest absolute Gasteiger partial charge is 0.187 e. The molecule has 4 aromatic rings. The summed E-state index contributed by atoms with van der Waals surface area (Å²) in [7, 11) is 4.12. The van der Waals surface area contributed by atoms with Crippen molar-refractivity contribution < 1.29 is 9.26 Å². The van der Waals surface area contributed by atoms with Crippen LogP contribution in [-0.2, 0) is 26.1 Å². The van der Waals surface area contributed by atoms with E-state index < -0.39 is 0 Å². The highest BCUT2D eigenvalue weighted by Gasteiger charge is 2.22. The van der Waals surface area contributed by atoms with Crippen LogP contribution in [0.2, 0.25) is 0 Å². The van der Waals surface area contributed by atoms with E-state index in [9.17, 15) is 0 Å². The van der Waals surface area contributed by atoms with Gasteiger partial charge in [0.2, 0.25) is 0 Å². The fourth-order valence-electron chi connectivity index (χ4n) is 5.23. The van der Waals surface area contributed by atoms with Gasteiger partial charge in [0.15, 0.2) is 11.3 Å². The number of benzene rings is 2. The molecule has 0 spiro atoms. The average Bonchev–Trinajstić information content (AvgIpc) is 3.36. The zero-order chi connectivity index (χ0) is 26.3. The second-order valence-corrected chi connectivity index (χ2v) is 10.4. The fourth-order valence-corrected chi connectivity index (χ4v) is 5.23. The van der Waals surface area contributed by atoms with Gasteiger partial charge in [-0.2, -0.15) is 0 Å². The number of piperidine rings is 1. The first-order chi connectivity index (χ1) is 18.6. The summed E-state index contributed by atoms with van der Waals surface area (Å²) in [6.45, 7) is 11.5. The lowest BCUT2D eigenvalue weighted by molar-refractivity contribution is 0.170. The Morgan fingerprint density at radius 3 is 2.61 bits per heavy atom. The first-order valence-electron chi connectivity index (χ1n) is 13.4. The molecular weight excluding hydrogens is 474 g/mol. The van der Waals surface area contributed by atoms with E-state index >= 15 is 0 Å². The van der Waals surface area contributed by atoms with E-state index in [0.29, 0.717) is 18.2 Å². The SMILES string of the molecule is [C-]#[N+]c1ccc(OCc2ccc3c(CCC4CCN(Cc5ccccn5)CC4)noc3c2CN(C)C)cc1. The highest BCUT2D eigenvalue weighted by atomic mass is 16.5. The Bertz CT molecular complexity index is 1370. The summed E-state index contributed by atoms with van der Waals surface area (Å²) in [6.07, 6.45) is 6.37. The number of nitrogens with zero attached hydrogens (tertiary/aromatic N) is 5. The van der Waals surface area contributed by atoms with Crippen LogP contribution in [0.25, 0.3) is 15.8 Å². The van der Waals surface area contributed by atoms with Crippen LogP contribution in [0.5, 0.6) is 5.75 Å². The van der Waals surface area contributed by atoms with Gasteiger partial charge in [0.1, 0.15) is 12.4 Å². The van der Waals surface area contributed by atoms with Crippen LogP contribution < -0.4 is 4.74 Å². The van der Waals surface area contributed by atoms with Gasteiger partial charge in [-0.25, -0.2) is 4.85 Å². The zero-order valence-corrected chi connectivity index (χ0v) is 22.3. The van der Waals surface area contributed by atoms with Crippen LogP contribution >= 0.6 is 0 Å². The molecule has 2 aromatic heterocycles. The first-order valence-corrected chi connectivity index (χ1v) is 13.4. The number of rotatable bonds is 10. The molecule has 5 rings (SSSR count). The Balaban J connectivity index is 1.22. The van der Waals surface area contributed by atoms with Gasteiger partial charge in [0.25, 0.3) is 0 Å². The molecule has 0 aliphatic carbocycles. The zero-order valence-electron chi connectivity index (χ0n) is 22.3. The molecule has 0 bridgehead atoms. The molecule has 1 saturated heterocycles. The Morgan fingerprint density at radius 1 is 1.08 bits per heavy atom. The van der Waals surface area contributed by atoms with E-state index in [1.165, 1.54) is 12.8 Å². The van der Waals surface area contributed by atoms with Crippen molar-refractivity contribution >= 4 is 16.7 Å². The first kappa shape index (κ1) is 25.9. The second kappa shape index (κ2) is 12.2. The minimum atomic E-state index is 0.434. The van der Waals surface area contributed by atoms with Crippen molar-refractivity contribution in [3.05, 3.63) is 94.7 Å². The molecule has 3 heterocycles. The number of fused-ring (bicyclic) bond motifs is 1. The Hall–Kier alpha value is -3.73. The van der Waals surface area contributed by atoms with Gasteiger partial charge in [-0.15, -0.1) is 0 Å². The van der Waals surface area contributed by atoms with Crippen molar-refractivity contribution in [1.82, 2.24) is 19.9 Å². The van der Waals surface area contributed by atoms with Gasteiger partial charge >= 0.3 is 0 Å². The maximum absolute atomic E-state index is 7.12.